The Morgan fingerprint density at radius 3 is 2.93 bits per heavy atom. The summed E-state index contributed by atoms with van der Waals surface area (Å²) in [5.41, 5.74) is 4.98. The van der Waals surface area contributed by atoms with Crippen molar-refractivity contribution in [3.05, 3.63) is 6.42 Å². The first-order valence-corrected chi connectivity index (χ1v) is 4.26. The number of anilines is 1. The standard InChI is InChI=1S/C7H11N6O2/c1-4(2-5(8)14)3-6(15)9-7-10-12-13-11-7/h3-4H,2H2,1H3,(H2,8,14)(H2,9,10,11,12,13,15)/t4-/m1/s1. The molecule has 0 saturated carbocycles. The first kappa shape index (κ1) is 11.1. The molecule has 1 heterocycles. The highest BCUT2D eigenvalue weighted by Crippen LogP contribution is 2.06. The maximum absolute atomic E-state index is 11.3. The second kappa shape index (κ2) is 5.03. The number of nitrogens with two attached hydrogens (primary N) is 1. The molecule has 8 heteroatoms. The number of tetrazole rings is 1. The van der Waals surface area contributed by atoms with Crippen molar-refractivity contribution < 1.29 is 9.59 Å². The van der Waals surface area contributed by atoms with Crippen LogP contribution in [0.4, 0.5) is 5.95 Å². The number of carbonyl (C=O) groups is 2. The Labute approximate surface area is 85.6 Å². The van der Waals surface area contributed by atoms with Gasteiger partial charge in [0, 0.05) is 6.42 Å². The molecule has 0 spiro atoms. The van der Waals surface area contributed by atoms with Crippen molar-refractivity contribution >= 4 is 17.8 Å². The summed E-state index contributed by atoms with van der Waals surface area (Å²) in [6.07, 6.45) is 1.47. The zero-order valence-electron chi connectivity index (χ0n) is 8.10. The third kappa shape index (κ3) is 4.16. The predicted octanol–water partition coefficient (Wildman–Crippen LogP) is -1.15. The van der Waals surface area contributed by atoms with Gasteiger partial charge in [0.05, 0.1) is 6.42 Å². The molecule has 8 nitrogen and oxygen atoms in total. The normalized spacial score (nSPS) is 12.1. The molecular formula is C7H11N6O2. The van der Waals surface area contributed by atoms with Crippen LogP contribution in [0.2, 0.25) is 0 Å². The van der Waals surface area contributed by atoms with Gasteiger partial charge in [-0.25, -0.2) is 5.10 Å². The number of aromatic nitrogens is 4. The Balaban J connectivity index is 2.33. The molecule has 15 heavy (non-hydrogen) atoms. The van der Waals surface area contributed by atoms with Crippen LogP contribution in [0.25, 0.3) is 0 Å². The van der Waals surface area contributed by atoms with Crippen LogP contribution in [0.15, 0.2) is 0 Å². The van der Waals surface area contributed by atoms with Crippen LogP contribution >= 0.6 is 0 Å². The summed E-state index contributed by atoms with van der Waals surface area (Å²) in [6, 6.07) is 0. The second-order valence-corrected chi connectivity index (χ2v) is 3.05. The van der Waals surface area contributed by atoms with Gasteiger partial charge >= 0.3 is 0 Å². The third-order valence-corrected chi connectivity index (χ3v) is 1.55. The van der Waals surface area contributed by atoms with E-state index in [1.807, 2.05) is 0 Å². The molecule has 0 aliphatic carbocycles. The van der Waals surface area contributed by atoms with Gasteiger partial charge in [-0.1, -0.05) is 12.0 Å². The summed E-state index contributed by atoms with van der Waals surface area (Å²) in [5.74, 6) is -0.906. The van der Waals surface area contributed by atoms with Gasteiger partial charge in [0.15, 0.2) is 0 Å². The van der Waals surface area contributed by atoms with Gasteiger partial charge in [-0.2, -0.15) is 0 Å². The van der Waals surface area contributed by atoms with E-state index in [0.717, 1.165) is 0 Å². The molecule has 1 radical (unpaired) electrons. The summed E-state index contributed by atoms with van der Waals surface area (Å²) in [5, 5.41) is 14.8. The molecule has 1 rings (SSSR count). The van der Waals surface area contributed by atoms with Gasteiger partial charge in [0.1, 0.15) is 0 Å². The number of carbonyl (C=O) groups excluding carboxylic acids is 2. The molecule has 0 saturated heterocycles. The van der Waals surface area contributed by atoms with Gasteiger partial charge in [-0.3, -0.25) is 14.9 Å². The summed E-state index contributed by atoms with van der Waals surface area (Å²) in [6.45, 7) is 1.71. The molecule has 1 aromatic rings. The fraction of sp³-hybridized carbons (Fsp3) is 0.429. The van der Waals surface area contributed by atoms with E-state index in [2.05, 4.69) is 25.9 Å². The lowest BCUT2D eigenvalue weighted by atomic mass is 10.0. The topological polar surface area (TPSA) is 127 Å². The fourth-order valence-corrected chi connectivity index (χ4v) is 1.01. The maximum Gasteiger partial charge on any atom is 0.246 e. The zero-order valence-corrected chi connectivity index (χ0v) is 8.10. The molecule has 2 amide bonds. The van der Waals surface area contributed by atoms with Crippen molar-refractivity contribution in [3.63, 3.8) is 0 Å². The molecule has 0 unspecified atom stereocenters. The van der Waals surface area contributed by atoms with E-state index in [1.165, 1.54) is 6.42 Å². The monoisotopic (exact) mass is 211 g/mol. The van der Waals surface area contributed by atoms with Crippen LogP contribution < -0.4 is 11.1 Å². The SMILES string of the molecule is C[C@@H]([CH]C(=O)Nc1nnn[nH]1)CC(N)=O. The quantitative estimate of drug-likeness (QED) is 0.567. The van der Waals surface area contributed by atoms with Crippen LogP contribution in [0.1, 0.15) is 13.3 Å². The largest absolute Gasteiger partial charge is 0.370 e. The highest BCUT2D eigenvalue weighted by molar-refractivity contribution is 5.96. The minimum Gasteiger partial charge on any atom is -0.370 e. The number of primary amides is 1. The number of nitrogens with one attached hydrogen (secondary N) is 2. The van der Waals surface area contributed by atoms with Crippen molar-refractivity contribution in [2.24, 2.45) is 11.7 Å². The number of rotatable bonds is 5. The molecule has 0 bridgehead atoms. The van der Waals surface area contributed by atoms with Crippen molar-refractivity contribution in [1.82, 2.24) is 20.6 Å². The van der Waals surface area contributed by atoms with Crippen LogP contribution in [-0.4, -0.2) is 32.4 Å². The maximum atomic E-state index is 11.3. The molecule has 0 aliphatic heterocycles. The summed E-state index contributed by atoms with van der Waals surface area (Å²) < 4.78 is 0. The van der Waals surface area contributed by atoms with Crippen LogP contribution in [0, 0.1) is 12.3 Å². The molecule has 0 fully saturated rings. The smallest absolute Gasteiger partial charge is 0.246 e. The van der Waals surface area contributed by atoms with Crippen molar-refractivity contribution in [3.8, 4) is 0 Å². The lowest BCUT2D eigenvalue weighted by Crippen LogP contribution is -2.21. The second-order valence-electron chi connectivity index (χ2n) is 3.05. The van der Waals surface area contributed by atoms with E-state index < -0.39 is 5.91 Å². The van der Waals surface area contributed by atoms with E-state index >= 15 is 0 Å². The molecule has 1 aromatic heterocycles. The van der Waals surface area contributed by atoms with Gasteiger partial charge in [0.2, 0.25) is 17.8 Å². The molecular weight excluding hydrogens is 200 g/mol. The number of hydrogen-bond acceptors (Lipinski definition) is 5. The lowest BCUT2D eigenvalue weighted by molar-refractivity contribution is -0.118. The summed E-state index contributed by atoms with van der Waals surface area (Å²) in [4.78, 5) is 21.8. The first-order chi connectivity index (χ1) is 7.08. The molecule has 0 aromatic carbocycles. The van der Waals surface area contributed by atoms with Crippen molar-refractivity contribution in [1.29, 1.82) is 0 Å². The first-order valence-electron chi connectivity index (χ1n) is 4.26. The number of aromatic amines is 1. The summed E-state index contributed by atoms with van der Waals surface area (Å²) >= 11 is 0. The van der Waals surface area contributed by atoms with E-state index in [4.69, 9.17) is 5.73 Å². The van der Waals surface area contributed by atoms with Crippen molar-refractivity contribution in [2.45, 2.75) is 13.3 Å². The minimum atomic E-state index is -0.451. The Morgan fingerprint density at radius 2 is 2.40 bits per heavy atom. The highest BCUT2D eigenvalue weighted by atomic mass is 16.2. The fourth-order valence-electron chi connectivity index (χ4n) is 1.01. The lowest BCUT2D eigenvalue weighted by Gasteiger charge is -2.06. The van der Waals surface area contributed by atoms with Gasteiger partial charge in [-0.05, 0) is 16.3 Å². The third-order valence-electron chi connectivity index (χ3n) is 1.55. The van der Waals surface area contributed by atoms with E-state index in [1.54, 1.807) is 6.92 Å². The predicted molar refractivity (Wildman–Crippen MR) is 50.1 cm³/mol. The number of hydrogen-bond donors (Lipinski definition) is 3. The highest BCUT2D eigenvalue weighted by Gasteiger charge is 2.13. The zero-order chi connectivity index (χ0) is 11.3. The van der Waals surface area contributed by atoms with Gasteiger partial charge < -0.3 is 5.73 Å². The van der Waals surface area contributed by atoms with Crippen LogP contribution in [0.3, 0.4) is 0 Å². The van der Waals surface area contributed by atoms with Gasteiger partial charge in [-0.15, -0.1) is 0 Å². The van der Waals surface area contributed by atoms with Crippen LogP contribution in [-0.2, 0) is 9.59 Å². The molecule has 4 N–H and O–H groups in total. The minimum absolute atomic E-state index is 0.127. The van der Waals surface area contributed by atoms with Crippen LogP contribution in [0.5, 0.6) is 0 Å². The Morgan fingerprint density at radius 1 is 1.67 bits per heavy atom. The van der Waals surface area contributed by atoms with E-state index in [-0.39, 0.29) is 24.2 Å². The Hall–Kier alpha value is -1.99. The molecule has 1 atom stereocenters. The van der Waals surface area contributed by atoms with Gasteiger partial charge in [0.25, 0.3) is 0 Å². The average Bonchev–Trinajstić information content (AvgIpc) is 2.53. The average molecular weight is 211 g/mol. The molecule has 0 aliphatic rings. The number of amides is 2. The summed E-state index contributed by atoms with van der Waals surface area (Å²) in [7, 11) is 0. The number of nitrogens with zero attached hydrogens (tertiary/aromatic N) is 3. The number of H-pyrrole nitrogens is 1. The Kier molecular flexibility index (Phi) is 3.72. The van der Waals surface area contributed by atoms with Crippen molar-refractivity contribution in [2.75, 3.05) is 5.32 Å². The molecule has 81 valence electrons. The van der Waals surface area contributed by atoms with E-state index in [0.29, 0.717) is 0 Å². The Bertz CT molecular complexity index is 335. The van der Waals surface area contributed by atoms with E-state index in [9.17, 15) is 9.59 Å².